The van der Waals surface area contributed by atoms with Crippen LogP contribution in [0.25, 0.3) is 0 Å². The van der Waals surface area contributed by atoms with E-state index >= 15 is 0 Å². The first-order valence-corrected chi connectivity index (χ1v) is 13.4. The molecule has 5 nitrogen and oxygen atoms in total. The minimum absolute atomic E-state index is 0.00837. The number of ether oxygens (including phenoxy) is 1. The van der Waals surface area contributed by atoms with E-state index in [2.05, 4.69) is 37.2 Å². The van der Waals surface area contributed by atoms with Crippen LogP contribution < -0.4 is 0 Å². The van der Waals surface area contributed by atoms with E-state index in [0.29, 0.717) is 17.8 Å². The Labute approximate surface area is 208 Å². The molecule has 186 valence electrons. The van der Waals surface area contributed by atoms with Crippen LogP contribution in [0.4, 0.5) is 0 Å². The molecule has 0 saturated heterocycles. The highest BCUT2D eigenvalue weighted by Gasteiger charge is 2.74. The van der Waals surface area contributed by atoms with Crippen molar-refractivity contribution < 1.29 is 19.2 Å². The second kappa shape index (κ2) is 7.78. The summed E-state index contributed by atoms with van der Waals surface area (Å²) in [6, 6.07) is 10.3. The first-order chi connectivity index (χ1) is 16.7. The summed E-state index contributed by atoms with van der Waals surface area (Å²) in [5, 5.41) is 4.58. The first kappa shape index (κ1) is 23.0. The molecule has 6 rings (SSSR count). The smallest absolute Gasteiger partial charge is 0.302 e. The molecule has 0 spiro atoms. The Morgan fingerprint density at radius 2 is 1.83 bits per heavy atom. The van der Waals surface area contributed by atoms with Crippen molar-refractivity contribution in [3.8, 4) is 0 Å². The topological polar surface area (TPSA) is 65.0 Å². The number of fused-ring (bicyclic) bond motifs is 7. The second-order valence-electron chi connectivity index (χ2n) is 12.2. The van der Waals surface area contributed by atoms with Crippen molar-refractivity contribution in [2.75, 3.05) is 0 Å². The van der Waals surface area contributed by atoms with E-state index < -0.39 is 5.60 Å². The lowest BCUT2D eigenvalue weighted by Crippen LogP contribution is -2.58. The third kappa shape index (κ3) is 3.02. The summed E-state index contributed by atoms with van der Waals surface area (Å²) in [6.07, 6.45) is 9.45. The predicted molar refractivity (Wildman–Crippen MR) is 134 cm³/mol. The lowest BCUT2D eigenvalue weighted by molar-refractivity contribution is -0.174. The Kier molecular flexibility index (Phi) is 5.11. The van der Waals surface area contributed by atoms with Crippen LogP contribution >= 0.6 is 0 Å². The molecule has 4 aliphatic carbocycles. The number of esters is 1. The Morgan fingerprint density at radius 3 is 2.54 bits per heavy atom. The highest BCUT2D eigenvalue weighted by atomic mass is 16.7. The van der Waals surface area contributed by atoms with Gasteiger partial charge in [0.05, 0.1) is 11.6 Å². The van der Waals surface area contributed by atoms with Crippen molar-refractivity contribution in [1.82, 2.24) is 0 Å². The fraction of sp³-hybridized carbons (Fsp3) is 0.633. The molecule has 0 aromatic heterocycles. The molecule has 3 fully saturated rings. The van der Waals surface area contributed by atoms with E-state index in [9.17, 15) is 9.59 Å². The van der Waals surface area contributed by atoms with Gasteiger partial charge in [-0.25, -0.2) is 0 Å². The second-order valence-corrected chi connectivity index (χ2v) is 12.2. The first-order valence-electron chi connectivity index (χ1n) is 13.4. The molecule has 1 aromatic rings. The molecule has 5 aliphatic rings. The summed E-state index contributed by atoms with van der Waals surface area (Å²) < 4.78 is 5.60. The normalized spacial score (nSPS) is 43.5. The van der Waals surface area contributed by atoms with Gasteiger partial charge in [0.1, 0.15) is 6.10 Å². The lowest BCUT2D eigenvalue weighted by atomic mass is 9.46. The zero-order valence-electron chi connectivity index (χ0n) is 21.4. The Hall–Kier alpha value is -2.43. The van der Waals surface area contributed by atoms with E-state index in [1.807, 2.05) is 18.2 Å². The number of carbonyl (C=O) groups excluding carboxylic acids is 2. The van der Waals surface area contributed by atoms with Crippen molar-refractivity contribution in [3.63, 3.8) is 0 Å². The average molecular weight is 476 g/mol. The maximum atomic E-state index is 13.4. The molecular weight excluding hydrogens is 438 g/mol. The molecule has 1 aromatic carbocycles. The minimum Gasteiger partial charge on any atom is -0.462 e. The number of hydrogen-bond acceptors (Lipinski definition) is 5. The summed E-state index contributed by atoms with van der Waals surface area (Å²) in [7, 11) is 0. The summed E-state index contributed by atoms with van der Waals surface area (Å²) in [5.41, 5.74) is 2.59. The summed E-state index contributed by atoms with van der Waals surface area (Å²) in [5.74, 6) is 1.51. The van der Waals surface area contributed by atoms with Gasteiger partial charge in [-0.05, 0) is 74.2 Å². The molecular formula is C30H37NO4. The fourth-order valence-corrected chi connectivity index (χ4v) is 9.23. The SMILES string of the molecule is CC(=O)O[C@H]1CC[C@@]2(C)C(=CC[C@H]3[C@H]2CC[C@@]2(C)[C@@H]3C[C@H]3C(c4ccccc4)=NO[C@@]32C(C)=O)C1. The van der Waals surface area contributed by atoms with Gasteiger partial charge in [-0.2, -0.15) is 0 Å². The van der Waals surface area contributed by atoms with Gasteiger partial charge in [0.2, 0.25) is 5.60 Å². The quantitative estimate of drug-likeness (QED) is 0.405. The molecule has 0 radical (unpaired) electrons. The maximum Gasteiger partial charge on any atom is 0.302 e. The van der Waals surface area contributed by atoms with Crippen molar-refractivity contribution in [1.29, 1.82) is 0 Å². The number of benzene rings is 1. The third-order valence-corrected chi connectivity index (χ3v) is 10.8. The fourth-order valence-electron chi connectivity index (χ4n) is 9.23. The Morgan fingerprint density at radius 1 is 1.06 bits per heavy atom. The zero-order chi connectivity index (χ0) is 24.6. The third-order valence-electron chi connectivity index (χ3n) is 10.8. The van der Waals surface area contributed by atoms with Gasteiger partial charge in [0.15, 0.2) is 5.78 Å². The molecule has 1 heterocycles. The van der Waals surface area contributed by atoms with Crippen LogP contribution in [0.5, 0.6) is 0 Å². The number of ketones is 1. The number of rotatable bonds is 3. The Balaban J connectivity index is 1.35. The average Bonchev–Trinajstić information content (AvgIpc) is 3.34. The highest BCUT2D eigenvalue weighted by molar-refractivity contribution is 6.08. The van der Waals surface area contributed by atoms with Crippen LogP contribution in [-0.2, 0) is 19.2 Å². The molecule has 1 aliphatic heterocycles. The van der Waals surface area contributed by atoms with Crippen LogP contribution in [0.1, 0.15) is 78.2 Å². The van der Waals surface area contributed by atoms with Gasteiger partial charge >= 0.3 is 5.97 Å². The van der Waals surface area contributed by atoms with E-state index in [4.69, 9.17) is 9.57 Å². The monoisotopic (exact) mass is 475 g/mol. The molecule has 8 atom stereocenters. The van der Waals surface area contributed by atoms with Crippen molar-refractivity contribution in [2.45, 2.75) is 84.3 Å². The van der Waals surface area contributed by atoms with Crippen LogP contribution in [0.3, 0.4) is 0 Å². The van der Waals surface area contributed by atoms with Gasteiger partial charge in [-0.3, -0.25) is 9.59 Å². The van der Waals surface area contributed by atoms with Gasteiger partial charge in [0, 0.05) is 18.8 Å². The van der Waals surface area contributed by atoms with Crippen LogP contribution in [0.2, 0.25) is 0 Å². The standard InChI is InChI=1S/C30H37NO4/c1-18(32)30-26(27(31-35-30)20-8-6-5-7-9-20)17-25-23-11-10-21-16-22(34-19(2)33)12-14-28(21,3)24(23)13-15-29(25,30)4/h5-10,22-26H,11-17H2,1-4H3/t22-,23-,24+,25+,26-,28-,29-,30-/m0/s1. The summed E-state index contributed by atoms with van der Waals surface area (Å²) in [4.78, 5) is 31.3. The van der Waals surface area contributed by atoms with E-state index in [-0.39, 0.29) is 34.6 Å². The number of Topliss-reactive ketones (excluding diaryl/α,β-unsaturated/α-hetero) is 1. The molecule has 0 amide bonds. The lowest BCUT2D eigenvalue weighted by Gasteiger charge is -2.58. The van der Waals surface area contributed by atoms with Gasteiger partial charge in [0.25, 0.3) is 0 Å². The van der Waals surface area contributed by atoms with Gasteiger partial charge < -0.3 is 9.57 Å². The van der Waals surface area contributed by atoms with Crippen molar-refractivity contribution >= 4 is 17.5 Å². The van der Waals surface area contributed by atoms with Crippen LogP contribution in [0, 0.1) is 34.5 Å². The predicted octanol–water partition coefficient (Wildman–Crippen LogP) is 5.87. The molecule has 0 unspecified atom stereocenters. The summed E-state index contributed by atoms with van der Waals surface area (Å²) >= 11 is 0. The summed E-state index contributed by atoms with van der Waals surface area (Å²) in [6.45, 7) is 7.99. The number of oxime groups is 1. The zero-order valence-corrected chi connectivity index (χ0v) is 21.4. The largest absolute Gasteiger partial charge is 0.462 e. The number of hydrogen-bond donors (Lipinski definition) is 0. The number of allylic oxidation sites excluding steroid dienone is 1. The highest BCUT2D eigenvalue weighted by Crippen LogP contribution is 2.70. The molecule has 3 saturated carbocycles. The molecule has 0 bridgehead atoms. The van der Waals surface area contributed by atoms with E-state index in [1.54, 1.807) is 6.92 Å². The number of carbonyl (C=O) groups is 2. The molecule has 5 heteroatoms. The van der Waals surface area contributed by atoms with Crippen molar-refractivity contribution in [3.05, 3.63) is 47.5 Å². The number of nitrogens with zero attached hydrogens (tertiary/aromatic N) is 1. The van der Waals surface area contributed by atoms with E-state index in [1.165, 1.54) is 12.5 Å². The minimum atomic E-state index is -0.855. The molecule has 0 N–H and O–H groups in total. The Bertz CT molecular complexity index is 1120. The van der Waals surface area contributed by atoms with Crippen LogP contribution in [0.15, 0.2) is 47.1 Å². The van der Waals surface area contributed by atoms with E-state index in [0.717, 1.165) is 56.2 Å². The molecule has 35 heavy (non-hydrogen) atoms. The maximum absolute atomic E-state index is 13.4. The van der Waals surface area contributed by atoms with Gasteiger partial charge in [-0.15, -0.1) is 0 Å². The van der Waals surface area contributed by atoms with Crippen molar-refractivity contribution in [2.24, 2.45) is 39.7 Å². The van der Waals surface area contributed by atoms with Crippen LogP contribution in [-0.4, -0.2) is 29.2 Å². The van der Waals surface area contributed by atoms with Gasteiger partial charge in [-0.1, -0.05) is 61.0 Å².